The van der Waals surface area contributed by atoms with Gasteiger partial charge < -0.3 is 5.32 Å². The lowest BCUT2D eigenvalue weighted by Gasteiger charge is -2.19. The topological polar surface area (TPSA) is 37.8 Å². The number of hydrogen-bond donors (Lipinski definition) is 1. The molecule has 0 aliphatic heterocycles. The van der Waals surface area contributed by atoms with Gasteiger partial charge in [-0.2, -0.15) is 0 Å². The van der Waals surface area contributed by atoms with Crippen LogP contribution in [0.2, 0.25) is 5.28 Å². The van der Waals surface area contributed by atoms with Gasteiger partial charge in [0, 0.05) is 17.8 Å². The lowest BCUT2D eigenvalue weighted by molar-refractivity contribution is 0.641. The van der Waals surface area contributed by atoms with E-state index in [-0.39, 0.29) is 0 Å². The Labute approximate surface area is 94.6 Å². The molecule has 1 N–H and O–H groups in total. The van der Waals surface area contributed by atoms with Crippen molar-refractivity contribution in [1.29, 1.82) is 0 Å². The molecule has 0 saturated heterocycles. The summed E-state index contributed by atoms with van der Waals surface area (Å²) < 4.78 is 0. The van der Waals surface area contributed by atoms with Crippen LogP contribution >= 0.6 is 11.6 Å². The molecular formula is C11H14ClN3. The molecule has 1 aromatic rings. The van der Waals surface area contributed by atoms with Crippen molar-refractivity contribution in [3.05, 3.63) is 29.2 Å². The van der Waals surface area contributed by atoms with Crippen molar-refractivity contribution in [2.75, 3.05) is 5.32 Å². The zero-order valence-electron chi connectivity index (χ0n) is 8.70. The van der Waals surface area contributed by atoms with Gasteiger partial charge in [-0.3, -0.25) is 0 Å². The van der Waals surface area contributed by atoms with E-state index in [0.29, 0.717) is 11.3 Å². The Kier molecular flexibility index (Phi) is 3.21. The number of anilines is 1. The zero-order chi connectivity index (χ0) is 10.7. The van der Waals surface area contributed by atoms with Gasteiger partial charge in [-0.1, -0.05) is 12.2 Å². The second kappa shape index (κ2) is 4.62. The lowest BCUT2D eigenvalue weighted by Crippen LogP contribution is -2.21. The minimum absolute atomic E-state index is 0.309. The van der Waals surface area contributed by atoms with Crippen LogP contribution in [0.15, 0.2) is 18.2 Å². The molecule has 1 atom stereocenters. The normalized spacial score (nSPS) is 20.3. The van der Waals surface area contributed by atoms with Crippen molar-refractivity contribution >= 4 is 17.4 Å². The van der Waals surface area contributed by atoms with Crippen LogP contribution < -0.4 is 5.32 Å². The number of hydrogen-bond acceptors (Lipinski definition) is 3. The largest absolute Gasteiger partial charge is 0.367 e. The summed E-state index contributed by atoms with van der Waals surface area (Å²) in [6, 6.07) is 2.39. The number of halogens is 1. The van der Waals surface area contributed by atoms with Crippen molar-refractivity contribution in [2.24, 2.45) is 0 Å². The van der Waals surface area contributed by atoms with E-state index in [9.17, 15) is 0 Å². The summed E-state index contributed by atoms with van der Waals surface area (Å²) in [7, 11) is 0. The van der Waals surface area contributed by atoms with E-state index < -0.39 is 0 Å². The molecule has 1 heterocycles. The fourth-order valence-electron chi connectivity index (χ4n) is 1.74. The Morgan fingerprint density at radius 1 is 1.40 bits per heavy atom. The molecule has 15 heavy (non-hydrogen) atoms. The minimum Gasteiger partial charge on any atom is -0.367 e. The summed E-state index contributed by atoms with van der Waals surface area (Å²) in [4.78, 5) is 8.17. The van der Waals surface area contributed by atoms with Gasteiger partial charge in [-0.25, -0.2) is 9.97 Å². The highest BCUT2D eigenvalue weighted by atomic mass is 35.5. The molecule has 1 aromatic heterocycles. The Balaban J connectivity index is 2.06. The number of aromatic nitrogens is 2. The monoisotopic (exact) mass is 223 g/mol. The number of rotatable bonds is 2. The van der Waals surface area contributed by atoms with E-state index in [0.717, 1.165) is 30.8 Å². The summed E-state index contributed by atoms with van der Waals surface area (Å²) in [6.45, 7) is 1.92. The first kappa shape index (κ1) is 10.4. The smallest absolute Gasteiger partial charge is 0.224 e. The third-order valence-corrected chi connectivity index (χ3v) is 2.62. The van der Waals surface area contributed by atoms with Gasteiger partial charge in [0.25, 0.3) is 0 Å². The first-order valence-corrected chi connectivity index (χ1v) is 5.54. The van der Waals surface area contributed by atoms with Crippen LogP contribution in [0.5, 0.6) is 0 Å². The average Bonchev–Trinajstić information content (AvgIpc) is 2.17. The van der Waals surface area contributed by atoms with Gasteiger partial charge in [0.05, 0.1) is 0 Å². The van der Waals surface area contributed by atoms with E-state index in [4.69, 9.17) is 11.6 Å². The molecular weight excluding hydrogens is 210 g/mol. The summed E-state index contributed by atoms with van der Waals surface area (Å²) in [5.41, 5.74) is 0.892. The van der Waals surface area contributed by atoms with Crippen LogP contribution in [0.1, 0.15) is 25.0 Å². The number of allylic oxidation sites excluding steroid dienone is 1. The van der Waals surface area contributed by atoms with E-state index in [1.807, 2.05) is 13.0 Å². The second-order valence-electron chi connectivity index (χ2n) is 3.79. The molecule has 1 aliphatic rings. The minimum atomic E-state index is 0.309. The van der Waals surface area contributed by atoms with E-state index in [1.165, 1.54) is 0 Å². The first-order valence-electron chi connectivity index (χ1n) is 5.17. The Bertz CT molecular complexity index is 356. The molecule has 0 bridgehead atoms. The Morgan fingerprint density at radius 2 is 2.27 bits per heavy atom. The maximum absolute atomic E-state index is 5.79. The van der Waals surface area contributed by atoms with Gasteiger partial charge in [0.2, 0.25) is 5.28 Å². The fraction of sp³-hybridized carbons (Fsp3) is 0.455. The molecule has 0 fully saturated rings. The van der Waals surface area contributed by atoms with Crippen LogP contribution in [0, 0.1) is 6.92 Å². The molecule has 1 aliphatic carbocycles. The van der Waals surface area contributed by atoms with Crippen molar-refractivity contribution in [3.8, 4) is 0 Å². The number of aryl methyl sites for hydroxylation is 1. The first-order chi connectivity index (χ1) is 7.24. The van der Waals surface area contributed by atoms with E-state index >= 15 is 0 Å². The van der Waals surface area contributed by atoms with Crippen molar-refractivity contribution in [3.63, 3.8) is 0 Å². The van der Waals surface area contributed by atoms with Gasteiger partial charge in [-0.15, -0.1) is 0 Å². The van der Waals surface area contributed by atoms with Crippen LogP contribution in [0.4, 0.5) is 5.82 Å². The predicted octanol–water partition coefficient (Wildman–Crippen LogP) is 2.96. The van der Waals surface area contributed by atoms with Crippen LogP contribution in [-0.4, -0.2) is 16.0 Å². The third-order valence-electron chi connectivity index (χ3n) is 2.45. The molecule has 0 aromatic carbocycles. The summed E-state index contributed by atoms with van der Waals surface area (Å²) in [5, 5.41) is 3.68. The highest BCUT2D eigenvalue weighted by Gasteiger charge is 2.10. The van der Waals surface area contributed by atoms with Crippen LogP contribution in [0.3, 0.4) is 0 Å². The SMILES string of the molecule is Cc1cc(NC2CC=CCC2)nc(Cl)n1. The summed E-state index contributed by atoms with van der Waals surface area (Å²) >= 11 is 5.79. The van der Waals surface area contributed by atoms with Crippen molar-refractivity contribution < 1.29 is 0 Å². The number of nitrogens with zero attached hydrogens (tertiary/aromatic N) is 2. The molecule has 2 rings (SSSR count). The molecule has 0 saturated carbocycles. The average molecular weight is 224 g/mol. The molecule has 0 amide bonds. The number of nitrogens with one attached hydrogen (secondary N) is 1. The molecule has 4 heteroatoms. The maximum atomic E-state index is 5.79. The van der Waals surface area contributed by atoms with Crippen molar-refractivity contribution in [2.45, 2.75) is 32.2 Å². The quantitative estimate of drug-likeness (QED) is 0.619. The summed E-state index contributed by atoms with van der Waals surface area (Å²) in [6.07, 6.45) is 7.76. The summed E-state index contributed by atoms with van der Waals surface area (Å²) in [5.74, 6) is 0.827. The third kappa shape index (κ3) is 2.93. The highest BCUT2D eigenvalue weighted by Crippen LogP contribution is 2.17. The molecule has 80 valence electrons. The zero-order valence-corrected chi connectivity index (χ0v) is 9.46. The van der Waals surface area contributed by atoms with Gasteiger partial charge in [0.15, 0.2) is 0 Å². The molecule has 3 nitrogen and oxygen atoms in total. The van der Waals surface area contributed by atoms with Gasteiger partial charge >= 0.3 is 0 Å². The fourth-order valence-corrected chi connectivity index (χ4v) is 1.96. The maximum Gasteiger partial charge on any atom is 0.224 e. The highest BCUT2D eigenvalue weighted by molar-refractivity contribution is 6.28. The van der Waals surface area contributed by atoms with E-state index in [2.05, 4.69) is 27.4 Å². The second-order valence-corrected chi connectivity index (χ2v) is 4.13. The van der Waals surface area contributed by atoms with Gasteiger partial charge in [0.1, 0.15) is 5.82 Å². The molecule has 0 spiro atoms. The molecule has 1 unspecified atom stereocenters. The molecule has 0 radical (unpaired) electrons. The van der Waals surface area contributed by atoms with Gasteiger partial charge in [-0.05, 0) is 37.8 Å². The van der Waals surface area contributed by atoms with Crippen LogP contribution in [0.25, 0.3) is 0 Å². The predicted molar refractivity (Wildman–Crippen MR) is 62.2 cm³/mol. The van der Waals surface area contributed by atoms with Crippen LogP contribution in [-0.2, 0) is 0 Å². The van der Waals surface area contributed by atoms with Crippen molar-refractivity contribution in [1.82, 2.24) is 9.97 Å². The standard InChI is InChI=1S/C11H14ClN3/c1-8-7-10(15-11(12)13-8)14-9-5-3-2-4-6-9/h2-3,7,9H,4-6H2,1H3,(H,13,14,15). The lowest BCUT2D eigenvalue weighted by atomic mass is 10.0. The Morgan fingerprint density at radius 3 is 2.93 bits per heavy atom. The Hall–Kier alpha value is -1.09. The van der Waals surface area contributed by atoms with E-state index in [1.54, 1.807) is 0 Å².